The van der Waals surface area contributed by atoms with Crippen LogP contribution >= 0.6 is 31.9 Å². The Hall–Kier alpha value is 0.880. The van der Waals surface area contributed by atoms with E-state index in [4.69, 9.17) is 0 Å². The zero-order valence-electron chi connectivity index (χ0n) is 22.9. The fourth-order valence-corrected chi connectivity index (χ4v) is 6.67. The van der Waals surface area contributed by atoms with Crippen LogP contribution in [0.2, 0.25) is 0 Å². The average Bonchev–Trinajstić information content (AvgIpc) is 2.78. The Morgan fingerprint density at radius 3 is 0.938 bits per heavy atom. The molecule has 0 saturated carbocycles. The van der Waals surface area contributed by atoms with Crippen LogP contribution in [0.4, 0.5) is 0 Å². The first-order valence-electron chi connectivity index (χ1n) is 14.3. The van der Waals surface area contributed by atoms with Crippen LogP contribution in [0.3, 0.4) is 0 Å². The number of quaternary nitrogens is 2. The SMILES string of the molecule is CCC[N+](C)(CC)C(Br)CCCCCCCCCCCCCCC(Br)[N+](C)(CC)CCC. The normalized spacial score (nSPS) is 17.6. The first kappa shape index (κ1) is 32.9. The minimum atomic E-state index is 0.638. The predicted octanol–water partition coefficient (Wildman–Crippen LogP) is 9.64. The van der Waals surface area contributed by atoms with Crippen LogP contribution in [0.25, 0.3) is 0 Å². The second-order valence-corrected chi connectivity index (χ2v) is 12.8. The van der Waals surface area contributed by atoms with Crippen LogP contribution in [0, 0.1) is 0 Å². The Kier molecular flexibility index (Phi) is 20.7. The fraction of sp³-hybridized carbons (Fsp3) is 1.00. The number of rotatable bonds is 23. The molecule has 0 aliphatic rings. The fourth-order valence-electron chi connectivity index (χ4n) is 5.03. The van der Waals surface area contributed by atoms with Gasteiger partial charge in [-0.05, 0) is 71.4 Å². The molecule has 0 aromatic carbocycles. The smallest absolute Gasteiger partial charge is 0.144 e. The van der Waals surface area contributed by atoms with Gasteiger partial charge in [0.25, 0.3) is 0 Å². The minimum absolute atomic E-state index is 0.638. The molecule has 0 rings (SSSR count). The number of halogens is 2. The van der Waals surface area contributed by atoms with E-state index in [1.54, 1.807) is 0 Å². The van der Waals surface area contributed by atoms with E-state index in [1.807, 2.05) is 0 Å². The molecule has 4 atom stereocenters. The van der Waals surface area contributed by atoms with Gasteiger partial charge in [0.2, 0.25) is 0 Å². The summed E-state index contributed by atoms with van der Waals surface area (Å²) in [6.07, 6.45) is 22.4. The molecule has 0 saturated heterocycles. The maximum atomic E-state index is 3.99. The molecule has 0 aromatic rings. The molecule has 0 amide bonds. The van der Waals surface area contributed by atoms with Crippen molar-refractivity contribution >= 4 is 31.9 Å². The van der Waals surface area contributed by atoms with Crippen LogP contribution in [0.5, 0.6) is 0 Å². The minimum Gasteiger partial charge on any atom is -0.315 e. The van der Waals surface area contributed by atoms with Crippen molar-refractivity contribution in [1.82, 2.24) is 0 Å². The highest BCUT2D eigenvalue weighted by atomic mass is 79.9. The van der Waals surface area contributed by atoms with Crippen molar-refractivity contribution < 1.29 is 8.97 Å². The molecule has 4 heteroatoms. The molecule has 2 nitrogen and oxygen atoms in total. The van der Waals surface area contributed by atoms with Crippen molar-refractivity contribution in [2.45, 2.75) is 140 Å². The lowest BCUT2D eigenvalue weighted by atomic mass is 10.0. The van der Waals surface area contributed by atoms with Gasteiger partial charge in [0.1, 0.15) is 9.90 Å². The molecular formula is C28H60Br2N2+2. The quantitative estimate of drug-likeness (QED) is 0.0486. The molecule has 4 unspecified atom stereocenters. The highest BCUT2D eigenvalue weighted by molar-refractivity contribution is 9.09. The zero-order chi connectivity index (χ0) is 24.3. The van der Waals surface area contributed by atoms with Gasteiger partial charge < -0.3 is 8.97 Å². The van der Waals surface area contributed by atoms with Crippen LogP contribution in [-0.4, -0.2) is 59.1 Å². The standard InChI is InChI=1S/C28H60Br2N2/c1-7-25-31(5,9-3)27(29)23-21-19-17-15-13-11-12-14-16-18-20-22-24-28(30)32(6,10-4)26-8-2/h27-28H,7-26H2,1-6H3/q+2. The highest BCUT2D eigenvalue weighted by Crippen LogP contribution is 2.24. The first-order valence-corrected chi connectivity index (χ1v) is 16.1. The van der Waals surface area contributed by atoms with Crippen molar-refractivity contribution in [2.75, 3.05) is 40.3 Å². The Labute approximate surface area is 220 Å². The summed E-state index contributed by atoms with van der Waals surface area (Å²) in [6.45, 7) is 14.3. The van der Waals surface area contributed by atoms with E-state index < -0.39 is 0 Å². The summed E-state index contributed by atoms with van der Waals surface area (Å²) in [4.78, 5) is 1.28. The monoisotopic (exact) mass is 582 g/mol. The number of hydrogen-bond acceptors (Lipinski definition) is 0. The summed E-state index contributed by atoms with van der Waals surface area (Å²) in [5, 5.41) is 0. The van der Waals surface area contributed by atoms with E-state index >= 15 is 0 Å². The van der Waals surface area contributed by atoms with Gasteiger partial charge in [0.05, 0.1) is 40.3 Å². The van der Waals surface area contributed by atoms with Gasteiger partial charge in [-0.3, -0.25) is 0 Å². The van der Waals surface area contributed by atoms with Crippen LogP contribution in [0.1, 0.15) is 130 Å². The van der Waals surface area contributed by atoms with E-state index in [0.29, 0.717) is 9.90 Å². The maximum absolute atomic E-state index is 3.99. The van der Waals surface area contributed by atoms with E-state index in [2.05, 4.69) is 73.7 Å². The third kappa shape index (κ3) is 14.3. The van der Waals surface area contributed by atoms with E-state index in [9.17, 15) is 0 Å². The molecule has 0 spiro atoms. The lowest BCUT2D eigenvalue weighted by Crippen LogP contribution is -2.49. The lowest BCUT2D eigenvalue weighted by molar-refractivity contribution is -0.916. The second-order valence-electron chi connectivity index (χ2n) is 10.7. The average molecular weight is 585 g/mol. The summed E-state index contributed by atoms with van der Waals surface area (Å²) in [7, 11) is 4.83. The van der Waals surface area contributed by atoms with E-state index in [0.717, 1.165) is 0 Å². The van der Waals surface area contributed by atoms with Crippen molar-refractivity contribution in [2.24, 2.45) is 0 Å². The first-order chi connectivity index (χ1) is 15.3. The Morgan fingerprint density at radius 1 is 0.469 bits per heavy atom. The summed E-state index contributed by atoms with van der Waals surface area (Å²) in [6, 6.07) is 0. The van der Waals surface area contributed by atoms with Crippen LogP contribution in [0.15, 0.2) is 0 Å². The Morgan fingerprint density at radius 2 is 0.719 bits per heavy atom. The molecule has 0 aliphatic carbocycles. The number of hydrogen-bond donors (Lipinski definition) is 0. The van der Waals surface area contributed by atoms with Crippen LogP contribution < -0.4 is 0 Å². The zero-order valence-corrected chi connectivity index (χ0v) is 26.1. The van der Waals surface area contributed by atoms with Crippen molar-refractivity contribution in [3.8, 4) is 0 Å². The molecule has 0 bridgehead atoms. The Balaban J connectivity index is 3.53. The van der Waals surface area contributed by atoms with Crippen molar-refractivity contribution in [1.29, 1.82) is 0 Å². The van der Waals surface area contributed by atoms with Gasteiger partial charge in [-0.1, -0.05) is 78.1 Å². The third-order valence-electron chi connectivity index (χ3n) is 7.90. The molecule has 194 valence electrons. The van der Waals surface area contributed by atoms with Crippen molar-refractivity contribution in [3.63, 3.8) is 0 Å². The molecular weight excluding hydrogens is 524 g/mol. The summed E-state index contributed by atoms with van der Waals surface area (Å²) >= 11 is 7.98. The molecule has 0 aliphatic heterocycles. The molecule has 0 fully saturated rings. The number of alkyl halides is 2. The van der Waals surface area contributed by atoms with Gasteiger partial charge >= 0.3 is 0 Å². The summed E-state index contributed by atoms with van der Waals surface area (Å²) in [5.41, 5.74) is 0. The summed E-state index contributed by atoms with van der Waals surface area (Å²) < 4.78 is 2.37. The Bertz CT molecular complexity index is 382. The number of nitrogens with zero attached hydrogens (tertiary/aromatic N) is 2. The van der Waals surface area contributed by atoms with E-state index in [1.165, 1.54) is 138 Å². The topological polar surface area (TPSA) is 0 Å². The number of unbranched alkanes of at least 4 members (excludes halogenated alkanes) is 11. The van der Waals surface area contributed by atoms with E-state index in [-0.39, 0.29) is 0 Å². The highest BCUT2D eigenvalue weighted by Gasteiger charge is 2.28. The largest absolute Gasteiger partial charge is 0.315 e. The molecule has 0 aromatic heterocycles. The molecule has 32 heavy (non-hydrogen) atoms. The lowest BCUT2D eigenvalue weighted by Gasteiger charge is -2.38. The second kappa shape index (κ2) is 20.1. The predicted molar refractivity (Wildman–Crippen MR) is 154 cm³/mol. The van der Waals surface area contributed by atoms with Gasteiger partial charge in [-0.2, -0.15) is 0 Å². The van der Waals surface area contributed by atoms with Gasteiger partial charge in [-0.15, -0.1) is 0 Å². The van der Waals surface area contributed by atoms with Crippen molar-refractivity contribution in [3.05, 3.63) is 0 Å². The molecule has 0 heterocycles. The summed E-state index contributed by atoms with van der Waals surface area (Å²) in [5.74, 6) is 0. The third-order valence-corrected chi connectivity index (χ3v) is 10.8. The van der Waals surface area contributed by atoms with Gasteiger partial charge in [-0.25, -0.2) is 0 Å². The molecule has 0 radical (unpaired) electrons. The van der Waals surface area contributed by atoms with Gasteiger partial charge in [0, 0.05) is 12.8 Å². The van der Waals surface area contributed by atoms with Gasteiger partial charge in [0.15, 0.2) is 0 Å². The molecule has 0 N–H and O–H groups in total. The maximum Gasteiger partial charge on any atom is 0.144 e. The van der Waals surface area contributed by atoms with Crippen LogP contribution in [-0.2, 0) is 0 Å².